The number of rotatable bonds is 7. The normalized spacial score (nSPS) is 11.9. The molecule has 2 heterocycles. The number of hydrogen-bond donors (Lipinski definition) is 0. The van der Waals surface area contributed by atoms with Gasteiger partial charge in [0.1, 0.15) is 23.4 Å². The third-order valence-electron chi connectivity index (χ3n) is 5.18. The number of methoxy groups -OCH3 is 1. The maximum atomic E-state index is 14.3. The Hall–Kier alpha value is -3.94. The van der Waals surface area contributed by atoms with E-state index in [0.717, 1.165) is 23.0 Å². The summed E-state index contributed by atoms with van der Waals surface area (Å²) in [5, 5.41) is 9.30. The molecule has 178 valence electrons. The van der Waals surface area contributed by atoms with Crippen LogP contribution in [0.2, 0.25) is 0 Å². The van der Waals surface area contributed by atoms with Crippen molar-refractivity contribution in [3.8, 4) is 23.4 Å². The summed E-state index contributed by atoms with van der Waals surface area (Å²) in [6, 6.07) is 3.88. The fraction of sp³-hybridized carbons (Fsp3) is 0.348. The van der Waals surface area contributed by atoms with Gasteiger partial charge in [-0.3, -0.25) is 9.36 Å². The van der Waals surface area contributed by atoms with E-state index >= 15 is 0 Å². The Morgan fingerprint density at radius 2 is 1.88 bits per heavy atom. The van der Waals surface area contributed by atoms with Crippen LogP contribution in [0.4, 0.5) is 13.2 Å². The molecule has 0 spiro atoms. The van der Waals surface area contributed by atoms with E-state index in [4.69, 9.17) is 9.47 Å². The molecule has 0 amide bonds. The summed E-state index contributed by atoms with van der Waals surface area (Å²) in [6.45, 7) is 6.01. The van der Waals surface area contributed by atoms with Gasteiger partial charge < -0.3 is 9.47 Å². The van der Waals surface area contributed by atoms with Crippen molar-refractivity contribution in [1.82, 2.24) is 19.5 Å². The van der Waals surface area contributed by atoms with Gasteiger partial charge in [0.05, 0.1) is 37.2 Å². The number of benzene rings is 1. The summed E-state index contributed by atoms with van der Waals surface area (Å²) in [7, 11) is 1.43. The van der Waals surface area contributed by atoms with E-state index in [1.807, 2.05) is 6.07 Å². The molecule has 0 saturated carbocycles. The van der Waals surface area contributed by atoms with Crippen molar-refractivity contribution in [3.63, 3.8) is 0 Å². The first-order chi connectivity index (χ1) is 16.1. The lowest BCUT2D eigenvalue weighted by Crippen LogP contribution is -2.25. The summed E-state index contributed by atoms with van der Waals surface area (Å²) in [6.07, 6.45) is -3.41. The highest BCUT2D eigenvalue weighted by molar-refractivity contribution is 5.50. The van der Waals surface area contributed by atoms with Gasteiger partial charge in [-0.25, -0.2) is 23.1 Å². The van der Waals surface area contributed by atoms with Crippen LogP contribution in [0.3, 0.4) is 0 Å². The number of hydrogen-bond acceptors (Lipinski definition) is 7. The second-order valence-electron chi connectivity index (χ2n) is 7.56. The molecule has 0 fully saturated rings. The molecule has 1 unspecified atom stereocenters. The highest BCUT2D eigenvalue weighted by Crippen LogP contribution is 2.34. The molecule has 2 aromatic heterocycles. The van der Waals surface area contributed by atoms with E-state index in [-0.39, 0.29) is 35.0 Å². The molecule has 0 bridgehead atoms. The van der Waals surface area contributed by atoms with Gasteiger partial charge in [-0.2, -0.15) is 10.2 Å². The van der Waals surface area contributed by atoms with Gasteiger partial charge >= 0.3 is 0 Å². The highest BCUT2D eigenvalue weighted by Gasteiger charge is 2.23. The Morgan fingerprint density at radius 3 is 2.47 bits per heavy atom. The van der Waals surface area contributed by atoms with E-state index in [9.17, 15) is 23.2 Å². The van der Waals surface area contributed by atoms with E-state index in [1.54, 1.807) is 13.8 Å². The van der Waals surface area contributed by atoms with Crippen LogP contribution in [-0.4, -0.2) is 26.6 Å². The van der Waals surface area contributed by atoms with E-state index in [0.29, 0.717) is 17.1 Å². The van der Waals surface area contributed by atoms with Gasteiger partial charge in [-0.05, 0) is 39.8 Å². The van der Waals surface area contributed by atoms with Crippen LogP contribution in [0, 0.1) is 32.1 Å². The van der Waals surface area contributed by atoms with E-state index in [2.05, 4.69) is 15.0 Å². The molecule has 0 aliphatic heterocycles. The monoisotopic (exact) mass is 473 g/mol. The van der Waals surface area contributed by atoms with Crippen molar-refractivity contribution in [2.45, 2.75) is 46.8 Å². The standard InChI is InChI=1S/C23H22F3N5O3/c1-11-16(8-27)6-15(21(25)26)7-18(11)34-20-19(12(2)24)28-10-31(23(20)32)9-17-13(3)29-14(4)30-22(17)33-5/h6-7,10,12,21H,9H2,1-5H3. The number of aromatic nitrogens is 4. The molecule has 0 saturated heterocycles. The third kappa shape index (κ3) is 4.85. The quantitative estimate of drug-likeness (QED) is 0.492. The average molecular weight is 473 g/mol. The van der Waals surface area contributed by atoms with Gasteiger partial charge in [-0.1, -0.05) is 0 Å². The predicted molar refractivity (Wildman–Crippen MR) is 116 cm³/mol. The molecule has 0 aliphatic rings. The third-order valence-corrected chi connectivity index (χ3v) is 5.18. The maximum absolute atomic E-state index is 14.3. The van der Waals surface area contributed by atoms with Crippen LogP contribution in [0.5, 0.6) is 17.4 Å². The van der Waals surface area contributed by atoms with E-state index < -0.39 is 29.5 Å². The van der Waals surface area contributed by atoms with Crippen LogP contribution in [-0.2, 0) is 6.54 Å². The minimum atomic E-state index is -2.88. The zero-order valence-electron chi connectivity index (χ0n) is 19.2. The Morgan fingerprint density at radius 1 is 1.18 bits per heavy atom. The smallest absolute Gasteiger partial charge is 0.297 e. The summed E-state index contributed by atoms with van der Waals surface area (Å²) in [4.78, 5) is 25.8. The fourth-order valence-electron chi connectivity index (χ4n) is 3.37. The van der Waals surface area contributed by atoms with Crippen LogP contribution in [0.25, 0.3) is 0 Å². The van der Waals surface area contributed by atoms with Crippen LogP contribution in [0.1, 0.15) is 59.0 Å². The molecule has 34 heavy (non-hydrogen) atoms. The molecule has 8 nitrogen and oxygen atoms in total. The Balaban J connectivity index is 2.15. The summed E-state index contributed by atoms with van der Waals surface area (Å²) in [5.41, 5.74) is -0.268. The van der Waals surface area contributed by atoms with Crippen LogP contribution < -0.4 is 15.0 Å². The van der Waals surface area contributed by atoms with E-state index in [1.165, 1.54) is 21.0 Å². The van der Waals surface area contributed by atoms with Gasteiger partial charge in [-0.15, -0.1) is 0 Å². The first-order valence-electron chi connectivity index (χ1n) is 10.2. The SMILES string of the molecule is COc1nc(C)nc(C)c1Cn1cnc(C(C)F)c(Oc2cc(C(F)F)cc(C#N)c2C)c1=O. The molecule has 3 rings (SSSR count). The second-order valence-corrected chi connectivity index (χ2v) is 7.56. The number of aryl methyl sites for hydroxylation is 2. The Bertz CT molecular complexity index is 1330. The maximum Gasteiger partial charge on any atom is 0.297 e. The zero-order valence-corrected chi connectivity index (χ0v) is 19.2. The summed E-state index contributed by atoms with van der Waals surface area (Å²) >= 11 is 0. The molecule has 11 heteroatoms. The van der Waals surface area contributed by atoms with Crippen molar-refractivity contribution >= 4 is 0 Å². The number of halogens is 3. The lowest BCUT2D eigenvalue weighted by Gasteiger charge is -2.17. The zero-order chi connectivity index (χ0) is 25.2. The van der Waals surface area contributed by atoms with Gasteiger partial charge in [0.2, 0.25) is 11.6 Å². The van der Waals surface area contributed by atoms with Crippen molar-refractivity contribution < 1.29 is 22.6 Å². The van der Waals surface area contributed by atoms with Gasteiger partial charge in [0.15, 0.2) is 0 Å². The first kappa shape index (κ1) is 24.7. The lowest BCUT2D eigenvalue weighted by molar-refractivity contribution is 0.151. The van der Waals surface area contributed by atoms with Crippen LogP contribution >= 0.6 is 0 Å². The van der Waals surface area contributed by atoms with Gasteiger partial charge in [0, 0.05) is 16.8 Å². The fourth-order valence-corrected chi connectivity index (χ4v) is 3.37. The van der Waals surface area contributed by atoms with Crippen molar-refractivity contribution in [3.05, 3.63) is 68.3 Å². The number of nitriles is 1. The number of alkyl halides is 3. The average Bonchev–Trinajstić information content (AvgIpc) is 2.78. The number of nitrogens with zero attached hydrogens (tertiary/aromatic N) is 5. The van der Waals surface area contributed by atoms with Crippen molar-refractivity contribution in [2.75, 3.05) is 7.11 Å². The lowest BCUT2D eigenvalue weighted by atomic mass is 10.0. The Labute approximate surface area is 193 Å². The molecule has 1 atom stereocenters. The second kappa shape index (κ2) is 9.91. The molecule has 0 N–H and O–H groups in total. The predicted octanol–water partition coefficient (Wildman–Crippen LogP) is 4.65. The van der Waals surface area contributed by atoms with Crippen molar-refractivity contribution in [2.24, 2.45) is 0 Å². The first-order valence-corrected chi connectivity index (χ1v) is 10.2. The van der Waals surface area contributed by atoms with Crippen LogP contribution in [0.15, 0.2) is 23.3 Å². The van der Waals surface area contributed by atoms with Gasteiger partial charge in [0.25, 0.3) is 12.0 Å². The number of ether oxygens (including phenoxy) is 2. The molecule has 1 aromatic carbocycles. The van der Waals surface area contributed by atoms with Crippen molar-refractivity contribution in [1.29, 1.82) is 5.26 Å². The molecule has 0 aliphatic carbocycles. The molecular formula is C23H22F3N5O3. The minimum absolute atomic E-state index is 0.0518. The largest absolute Gasteiger partial charge is 0.481 e. The molecule has 3 aromatic rings. The topological polar surface area (TPSA) is 103 Å². The Kier molecular flexibility index (Phi) is 7.20. The molecular weight excluding hydrogens is 451 g/mol. The minimum Gasteiger partial charge on any atom is -0.481 e. The highest BCUT2D eigenvalue weighted by atomic mass is 19.3. The summed E-state index contributed by atoms with van der Waals surface area (Å²) in [5.74, 6) is 0.110. The summed E-state index contributed by atoms with van der Waals surface area (Å²) < 4.78 is 53.1. The molecule has 0 radical (unpaired) electrons.